The molecule has 1 amide bonds. The molecular weight excluding hydrogens is 365 g/mol. The molecule has 1 N–H and O–H groups in total. The maximum Gasteiger partial charge on any atom is 0.340 e. The van der Waals surface area contributed by atoms with E-state index in [9.17, 15) is 9.59 Å². The van der Waals surface area contributed by atoms with Crippen LogP contribution in [0.5, 0.6) is 0 Å². The van der Waals surface area contributed by atoms with Crippen LogP contribution in [0.2, 0.25) is 5.02 Å². The van der Waals surface area contributed by atoms with Gasteiger partial charge in [0.1, 0.15) is 0 Å². The van der Waals surface area contributed by atoms with Crippen LogP contribution >= 0.6 is 43.5 Å². The van der Waals surface area contributed by atoms with Gasteiger partial charge in [0.15, 0.2) is 0 Å². The Hall–Kier alpha value is -0.590. The minimum absolute atomic E-state index is 0.260. The van der Waals surface area contributed by atoms with Crippen molar-refractivity contribution in [2.75, 3.05) is 12.4 Å². The van der Waals surface area contributed by atoms with Crippen molar-refractivity contribution in [1.29, 1.82) is 0 Å². The molecule has 0 aromatic heterocycles. The third-order valence-corrected chi connectivity index (χ3v) is 3.48. The van der Waals surface area contributed by atoms with Crippen molar-refractivity contribution in [1.82, 2.24) is 0 Å². The van der Waals surface area contributed by atoms with Crippen LogP contribution in [-0.2, 0) is 9.53 Å². The van der Waals surface area contributed by atoms with Crippen molar-refractivity contribution in [2.24, 2.45) is 0 Å². The van der Waals surface area contributed by atoms with Gasteiger partial charge in [0.2, 0.25) is 6.41 Å². The SMILES string of the molecule is COC(=O)c1c(Br)cc(Cl)c(NC=O)c1Br. The molecule has 0 aliphatic heterocycles. The predicted octanol–water partition coefficient (Wildman–Crippen LogP) is 3.22. The number of anilines is 1. The fraction of sp³-hybridized carbons (Fsp3) is 0.111. The first-order chi connectivity index (χ1) is 7.52. The Morgan fingerprint density at radius 2 is 2.19 bits per heavy atom. The molecule has 0 saturated heterocycles. The monoisotopic (exact) mass is 369 g/mol. The second kappa shape index (κ2) is 5.65. The normalized spacial score (nSPS) is 9.75. The average Bonchev–Trinajstić information content (AvgIpc) is 2.23. The summed E-state index contributed by atoms with van der Waals surface area (Å²) in [7, 11) is 1.27. The van der Waals surface area contributed by atoms with Crippen molar-refractivity contribution < 1.29 is 14.3 Å². The Kier molecular flexibility index (Phi) is 4.76. The highest BCUT2D eigenvalue weighted by Crippen LogP contribution is 2.38. The van der Waals surface area contributed by atoms with Crippen LogP contribution in [0.25, 0.3) is 0 Å². The van der Waals surface area contributed by atoms with Gasteiger partial charge in [-0.2, -0.15) is 0 Å². The highest BCUT2D eigenvalue weighted by Gasteiger charge is 2.20. The number of hydrogen-bond acceptors (Lipinski definition) is 3. The Balaban J connectivity index is 3.44. The summed E-state index contributed by atoms with van der Waals surface area (Å²) in [6.07, 6.45) is 0.473. The molecular formula is C9H6Br2ClNO3. The van der Waals surface area contributed by atoms with Crippen molar-refractivity contribution in [3.63, 3.8) is 0 Å². The number of benzene rings is 1. The smallest absolute Gasteiger partial charge is 0.340 e. The number of carbonyl (C=O) groups is 2. The zero-order valence-electron chi connectivity index (χ0n) is 8.01. The zero-order valence-corrected chi connectivity index (χ0v) is 11.9. The Labute approximate surface area is 114 Å². The summed E-state index contributed by atoms with van der Waals surface area (Å²) in [5.74, 6) is -0.538. The van der Waals surface area contributed by atoms with Gasteiger partial charge in [-0.1, -0.05) is 11.6 Å². The minimum Gasteiger partial charge on any atom is -0.465 e. The summed E-state index contributed by atoms with van der Waals surface area (Å²) >= 11 is 12.3. The fourth-order valence-corrected chi connectivity index (χ4v) is 3.13. The third-order valence-electron chi connectivity index (χ3n) is 1.76. The Bertz CT molecular complexity index is 451. The molecule has 0 saturated carbocycles. The number of amides is 1. The standard InChI is InChI=1S/C9H6Br2ClNO3/c1-16-9(15)6-4(10)2-5(12)8(7(6)11)13-3-14/h2-3H,1H3,(H,13,14). The Morgan fingerprint density at radius 1 is 1.56 bits per heavy atom. The van der Waals surface area contributed by atoms with Crippen LogP contribution in [0.15, 0.2) is 15.0 Å². The van der Waals surface area contributed by atoms with E-state index in [1.54, 1.807) is 0 Å². The van der Waals surface area contributed by atoms with E-state index in [1.165, 1.54) is 13.2 Å². The summed E-state index contributed by atoms with van der Waals surface area (Å²) < 4.78 is 5.46. The summed E-state index contributed by atoms with van der Waals surface area (Å²) in [5, 5.41) is 2.71. The van der Waals surface area contributed by atoms with E-state index < -0.39 is 5.97 Å². The molecule has 1 aromatic rings. The number of ether oxygens (including phenoxy) is 1. The number of hydrogen-bond donors (Lipinski definition) is 1. The highest BCUT2D eigenvalue weighted by atomic mass is 79.9. The number of carbonyl (C=O) groups excluding carboxylic acids is 2. The minimum atomic E-state index is -0.538. The first kappa shape index (κ1) is 13.5. The van der Waals surface area contributed by atoms with E-state index in [0.717, 1.165) is 0 Å². The number of esters is 1. The number of nitrogens with one attached hydrogen (secondary N) is 1. The van der Waals surface area contributed by atoms with E-state index in [-0.39, 0.29) is 5.56 Å². The van der Waals surface area contributed by atoms with Crippen LogP contribution in [-0.4, -0.2) is 19.5 Å². The molecule has 0 aliphatic carbocycles. The van der Waals surface area contributed by atoms with Gasteiger partial charge >= 0.3 is 5.97 Å². The summed E-state index contributed by atoms with van der Waals surface area (Å²) in [6, 6.07) is 1.50. The molecule has 16 heavy (non-hydrogen) atoms. The van der Waals surface area contributed by atoms with Gasteiger partial charge < -0.3 is 10.1 Å². The number of halogens is 3. The summed E-state index contributed by atoms with van der Waals surface area (Å²) in [4.78, 5) is 21.9. The summed E-state index contributed by atoms with van der Waals surface area (Å²) in [5.41, 5.74) is 0.580. The maximum absolute atomic E-state index is 11.5. The van der Waals surface area contributed by atoms with Crippen LogP contribution < -0.4 is 5.32 Å². The molecule has 0 aliphatic rings. The molecule has 1 aromatic carbocycles. The molecule has 0 unspecified atom stereocenters. The van der Waals surface area contributed by atoms with Crippen molar-refractivity contribution in [3.05, 3.63) is 25.6 Å². The molecule has 4 nitrogen and oxygen atoms in total. The van der Waals surface area contributed by atoms with Gasteiger partial charge in [0, 0.05) is 4.47 Å². The molecule has 0 bridgehead atoms. The maximum atomic E-state index is 11.5. The topological polar surface area (TPSA) is 55.4 Å². The third kappa shape index (κ3) is 2.56. The second-order valence-electron chi connectivity index (χ2n) is 2.66. The number of rotatable bonds is 3. The quantitative estimate of drug-likeness (QED) is 0.656. The van der Waals surface area contributed by atoms with Crippen LogP contribution in [0, 0.1) is 0 Å². The lowest BCUT2D eigenvalue weighted by Crippen LogP contribution is -2.06. The fourth-order valence-electron chi connectivity index (χ4n) is 1.07. The lowest BCUT2D eigenvalue weighted by atomic mass is 10.2. The van der Waals surface area contributed by atoms with Gasteiger partial charge in [-0.15, -0.1) is 0 Å². The first-order valence-electron chi connectivity index (χ1n) is 3.99. The van der Waals surface area contributed by atoms with E-state index >= 15 is 0 Å². The zero-order chi connectivity index (χ0) is 12.3. The molecule has 0 fully saturated rings. The van der Waals surface area contributed by atoms with Crippen LogP contribution in [0.1, 0.15) is 10.4 Å². The first-order valence-corrected chi connectivity index (χ1v) is 5.95. The molecule has 1 rings (SSSR count). The lowest BCUT2D eigenvalue weighted by molar-refractivity contribution is -0.105. The highest BCUT2D eigenvalue weighted by molar-refractivity contribution is 9.11. The van der Waals surface area contributed by atoms with Gasteiger partial charge in [0.25, 0.3) is 0 Å². The van der Waals surface area contributed by atoms with E-state index in [1.807, 2.05) is 0 Å². The largest absolute Gasteiger partial charge is 0.465 e. The van der Waals surface area contributed by atoms with Gasteiger partial charge in [-0.25, -0.2) is 4.79 Å². The van der Waals surface area contributed by atoms with Gasteiger partial charge in [-0.05, 0) is 37.9 Å². The van der Waals surface area contributed by atoms with Crippen molar-refractivity contribution in [2.45, 2.75) is 0 Å². The molecule has 86 valence electrons. The van der Waals surface area contributed by atoms with Gasteiger partial charge in [0.05, 0.1) is 27.9 Å². The average molecular weight is 371 g/mol. The molecule has 7 heteroatoms. The summed E-state index contributed by atoms with van der Waals surface area (Å²) in [6.45, 7) is 0. The van der Waals surface area contributed by atoms with Crippen LogP contribution in [0.3, 0.4) is 0 Å². The molecule has 0 spiro atoms. The molecule has 0 heterocycles. The van der Waals surface area contributed by atoms with E-state index in [2.05, 4.69) is 41.9 Å². The number of methoxy groups -OCH3 is 1. The second-order valence-corrected chi connectivity index (χ2v) is 4.71. The van der Waals surface area contributed by atoms with E-state index in [0.29, 0.717) is 26.1 Å². The molecule has 0 atom stereocenters. The lowest BCUT2D eigenvalue weighted by Gasteiger charge is -2.11. The van der Waals surface area contributed by atoms with Crippen molar-refractivity contribution in [3.8, 4) is 0 Å². The predicted molar refractivity (Wildman–Crippen MR) is 67.9 cm³/mol. The molecule has 0 radical (unpaired) electrons. The van der Waals surface area contributed by atoms with Gasteiger partial charge in [-0.3, -0.25) is 4.79 Å². The van der Waals surface area contributed by atoms with Crippen LogP contribution in [0.4, 0.5) is 5.69 Å². The Morgan fingerprint density at radius 3 is 2.69 bits per heavy atom. The van der Waals surface area contributed by atoms with Crippen molar-refractivity contribution >= 4 is 61.5 Å². The van der Waals surface area contributed by atoms with E-state index in [4.69, 9.17) is 11.6 Å².